The van der Waals surface area contributed by atoms with Gasteiger partial charge in [-0.25, -0.2) is 9.97 Å². The number of imidazole rings is 1. The van der Waals surface area contributed by atoms with Crippen molar-refractivity contribution in [3.8, 4) is 34.3 Å². The van der Waals surface area contributed by atoms with E-state index in [2.05, 4.69) is 15.3 Å². The molecule has 4 rings (SSSR count). The van der Waals surface area contributed by atoms with Gasteiger partial charge in [-0.3, -0.25) is 4.40 Å². The summed E-state index contributed by atoms with van der Waals surface area (Å²) in [6, 6.07) is 12.5. The molecule has 148 valence electrons. The van der Waals surface area contributed by atoms with E-state index < -0.39 is 0 Å². The van der Waals surface area contributed by atoms with Crippen LogP contribution in [0.3, 0.4) is 0 Å². The van der Waals surface area contributed by atoms with Crippen LogP contribution in [-0.4, -0.2) is 40.8 Å². The third-order valence-electron chi connectivity index (χ3n) is 4.50. The lowest BCUT2D eigenvalue weighted by atomic mass is 10.1. The summed E-state index contributed by atoms with van der Waals surface area (Å²) in [5.74, 6) is 2.93. The molecule has 0 saturated carbocycles. The van der Waals surface area contributed by atoms with Gasteiger partial charge in [-0.05, 0) is 36.4 Å². The molecular formula is C21H20N4O4. The van der Waals surface area contributed by atoms with E-state index in [1.807, 2.05) is 34.9 Å². The molecule has 0 aliphatic rings. The van der Waals surface area contributed by atoms with E-state index in [1.54, 1.807) is 38.6 Å². The second kappa shape index (κ2) is 7.59. The molecule has 4 aromatic rings. The van der Waals surface area contributed by atoms with Crippen LogP contribution < -0.4 is 19.5 Å². The molecule has 2 aromatic carbocycles. The maximum Gasteiger partial charge on any atom is 0.235 e. The first-order valence-corrected chi connectivity index (χ1v) is 8.84. The predicted octanol–water partition coefficient (Wildman–Crippen LogP) is 3.87. The molecule has 0 radical (unpaired) electrons. The molecule has 0 unspecified atom stereocenters. The summed E-state index contributed by atoms with van der Waals surface area (Å²) in [4.78, 5) is 8.99. The van der Waals surface area contributed by atoms with Crippen LogP contribution in [0.4, 0.5) is 11.5 Å². The van der Waals surface area contributed by atoms with Crippen molar-refractivity contribution in [2.75, 3.05) is 26.6 Å². The summed E-state index contributed by atoms with van der Waals surface area (Å²) in [5, 5.41) is 13.3. The first-order valence-electron chi connectivity index (χ1n) is 8.84. The normalized spacial score (nSPS) is 10.7. The Morgan fingerprint density at radius 1 is 0.931 bits per heavy atom. The zero-order valence-electron chi connectivity index (χ0n) is 16.2. The Morgan fingerprint density at radius 3 is 2.48 bits per heavy atom. The fourth-order valence-electron chi connectivity index (χ4n) is 3.08. The van der Waals surface area contributed by atoms with Gasteiger partial charge < -0.3 is 24.6 Å². The van der Waals surface area contributed by atoms with Crippen molar-refractivity contribution in [3.05, 3.63) is 54.9 Å². The molecule has 0 bridgehead atoms. The van der Waals surface area contributed by atoms with Crippen LogP contribution in [0.15, 0.2) is 54.9 Å². The minimum Gasteiger partial charge on any atom is -0.504 e. The standard InChI is InChI=1S/C21H20N4O4/c1-27-16-8-6-14(12-18(16)29-3)23-20-19(24-21-22-9-4-10-25(20)21)13-5-7-15(26)17(11-13)28-2/h4-12,23,26H,1-3H3. The van der Waals surface area contributed by atoms with Crippen molar-refractivity contribution < 1.29 is 19.3 Å². The van der Waals surface area contributed by atoms with Gasteiger partial charge in [-0.15, -0.1) is 0 Å². The van der Waals surface area contributed by atoms with E-state index in [9.17, 15) is 5.11 Å². The highest BCUT2D eigenvalue weighted by Crippen LogP contribution is 2.37. The number of nitrogens with one attached hydrogen (secondary N) is 1. The van der Waals surface area contributed by atoms with Crippen molar-refractivity contribution in [3.63, 3.8) is 0 Å². The number of aromatic nitrogens is 3. The number of hydrogen-bond acceptors (Lipinski definition) is 7. The Kier molecular flexibility index (Phi) is 4.82. The second-order valence-corrected chi connectivity index (χ2v) is 6.18. The van der Waals surface area contributed by atoms with Crippen LogP contribution in [0.1, 0.15) is 0 Å². The fraction of sp³-hybridized carbons (Fsp3) is 0.143. The van der Waals surface area contributed by atoms with Gasteiger partial charge in [0.15, 0.2) is 23.0 Å². The van der Waals surface area contributed by atoms with Crippen molar-refractivity contribution in [2.45, 2.75) is 0 Å². The number of methoxy groups -OCH3 is 3. The molecule has 2 aromatic heterocycles. The highest BCUT2D eigenvalue weighted by atomic mass is 16.5. The average Bonchev–Trinajstić information content (AvgIpc) is 3.12. The molecular weight excluding hydrogens is 372 g/mol. The van der Waals surface area contributed by atoms with Crippen molar-refractivity contribution in [2.24, 2.45) is 0 Å². The summed E-state index contributed by atoms with van der Waals surface area (Å²) in [6.45, 7) is 0. The van der Waals surface area contributed by atoms with Crippen LogP contribution in [0.5, 0.6) is 23.0 Å². The number of benzene rings is 2. The van der Waals surface area contributed by atoms with Crippen LogP contribution in [0.2, 0.25) is 0 Å². The molecule has 2 N–H and O–H groups in total. The molecule has 29 heavy (non-hydrogen) atoms. The van der Waals surface area contributed by atoms with E-state index >= 15 is 0 Å². The lowest BCUT2D eigenvalue weighted by molar-refractivity contribution is 0.355. The Bertz CT molecular complexity index is 1170. The van der Waals surface area contributed by atoms with Crippen LogP contribution in [-0.2, 0) is 0 Å². The average molecular weight is 392 g/mol. The van der Waals surface area contributed by atoms with E-state index in [-0.39, 0.29) is 5.75 Å². The lowest BCUT2D eigenvalue weighted by Gasteiger charge is -2.13. The van der Waals surface area contributed by atoms with E-state index in [4.69, 9.17) is 14.2 Å². The first-order chi connectivity index (χ1) is 14.1. The molecule has 0 spiro atoms. The molecule has 2 heterocycles. The van der Waals surface area contributed by atoms with Crippen molar-refractivity contribution in [1.82, 2.24) is 14.4 Å². The van der Waals surface area contributed by atoms with Gasteiger partial charge in [-0.1, -0.05) is 0 Å². The lowest BCUT2D eigenvalue weighted by Crippen LogP contribution is -1.99. The number of rotatable bonds is 6. The summed E-state index contributed by atoms with van der Waals surface area (Å²) in [7, 11) is 4.69. The highest BCUT2D eigenvalue weighted by molar-refractivity contribution is 5.80. The molecule has 0 amide bonds. The van der Waals surface area contributed by atoms with Gasteiger partial charge in [0, 0.05) is 29.7 Å². The summed E-state index contributed by atoms with van der Waals surface area (Å²) in [5.41, 5.74) is 2.23. The minimum absolute atomic E-state index is 0.0625. The quantitative estimate of drug-likeness (QED) is 0.515. The number of phenols is 1. The van der Waals surface area contributed by atoms with Crippen LogP contribution in [0.25, 0.3) is 17.0 Å². The topological polar surface area (TPSA) is 90.1 Å². The van der Waals surface area contributed by atoms with Crippen molar-refractivity contribution >= 4 is 17.3 Å². The molecule has 0 fully saturated rings. The minimum atomic E-state index is 0.0625. The Morgan fingerprint density at radius 2 is 1.72 bits per heavy atom. The maximum absolute atomic E-state index is 9.93. The largest absolute Gasteiger partial charge is 0.504 e. The zero-order valence-corrected chi connectivity index (χ0v) is 16.2. The first kappa shape index (κ1) is 18.4. The Labute approximate surface area is 167 Å². The van der Waals surface area contributed by atoms with E-state index in [0.29, 0.717) is 34.5 Å². The number of aromatic hydroxyl groups is 1. The fourth-order valence-corrected chi connectivity index (χ4v) is 3.08. The molecule has 0 atom stereocenters. The van der Waals surface area contributed by atoms with Gasteiger partial charge in [0.1, 0.15) is 11.5 Å². The molecule has 0 aliphatic heterocycles. The highest BCUT2D eigenvalue weighted by Gasteiger charge is 2.17. The summed E-state index contributed by atoms with van der Waals surface area (Å²) < 4.78 is 17.8. The van der Waals surface area contributed by atoms with E-state index in [1.165, 1.54) is 7.11 Å². The third-order valence-corrected chi connectivity index (χ3v) is 4.50. The molecule has 0 aliphatic carbocycles. The van der Waals surface area contributed by atoms with Crippen molar-refractivity contribution in [1.29, 1.82) is 0 Å². The number of phenolic OH excluding ortho intramolecular Hbond substituents is 1. The Hall–Kier alpha value is -3.94. The number of nitrogens with zero attached hydrogens (tertiary/aromatic N) is 3. The van der Waals surface area contributed by atoms with Gasteiger partial charge in [0.05, 0.1) is 21.3 Å². The van der Waals surface area contributed by atoms with Crippen LogP contribution in [0, 0.1) is 0 Å². The number of hydrogen-bond donors (Lipinski definition) is 2. The smallest absolute Gasteiger partial charge is 0.235 e. The van der Waals surface area contributed by atoms with Gasteiger partial charge in [0.2, 0.25) is 5.78 Å². The van der Waals surface area contributed by atoms with Crippen LogP contribution >= 0.6 is 0 Å². The molecule has 8 heteroatoms. The monoisotopic (exact) mass is 392 g/mol. The number of anilines is 2. The summed E-state index contributed by atoms with van der Waals surface area (Å²) in [6.07, 6.45) is 3.56. The van der Waals surface area contributed by atoms with Gasteiger partial charge in [0.25, 0.3) is 0 Å². The second-order valence-electron chi connectivity index (χ2n) is 6.18. The zero-order chi connectivity index (χ0) is 20.4. The predicted molar refractivity (Wildman–Crippen MR) is 109 cm³/mol. The molecule has 8 nitrogen and oxygen atoms in total. The summed E-state index contributed by atoms with van der Waals surface area (Å²) >= 11 is 0. The SMILES string of the molecule is COc1cc(-c2nc3ncccn3c2Nc2ccc(OC)c(OC)c2)ccc1O. The third kappa shape index (κ3) is 3.36. The van der Waals surface area contributed by atoms with E-state index in [0.717, 1.165) is 11.3 Å². The Balaban J connectivity index is 1.85. The molecule has 0 saturated heterocycles. The maximum atomic E-state index is 9.93. The number of ether oxygens (including phenoxy) is 3. The van der Waals surface area contributed by atoms with Gasteiger partial charge in [-0.2, -0.15) is 0 Å². The van der Waals surface area contributed by atoms with Gasteiger partial charge >= 0.3 is 0 Å². The number of fused-ring (bicyclic) bond motifs is 1.